The molecule has 2 aliphatic heterocycles. The van der Waals surface area contributed by atoms with Crippen molar-refractivity contribution < 1.29 is 28.5 Å². The molecule has 1 amide bonds. The van der Waals surface area contributed by atoms with E-state index in [0.717, 1.165) is 13.1 Å². The average molecular weight is 527 g/mol. The smallest absolute Gasteiger partial charge is 0.317 e. The predicted octanol–water partition coefficient (Wildman–Crippen LogP) is 1.87. The number of aliphatic hydroxyl groups excluding tert-OH is 1. The van der Waals surface area contributed by atoms with Gasteiger partial charge in [0.2, 0.25) is 12.2 Å². The van der Waals surface area contributed by atoms with E-state index in [1.807, 2.05) is 18.9 Å². The highest BCUT2D eigenvalue weighted by atomic mass is 19.1. The van der Waals surface area contributed by atoms with Crippen LogP contribution in [0.3, 0.4) is 0 Å². The van der Waals surface area contributed by atoms with Crippen molar-refractivity contribution >= 4 is 5.91 Å². The van der Waals surface area contributed by atoms with Crippen molar-refractivity contribution in [2.75, 3.05) is 59.7 Å². The number of nitrogens with zero attached hydrogens (tertiary/aromatic N) is 5. The molecule has 2 aromatic heterocycles. The van der Waals surface area contributed by atoms with Gasteiger partial charge in [0.15, 0.2) is 5.82 Å². The molecule has 12 heteroatoms. The number of likely N-dealkylation sites (N-methyl/N-ethyl adjacent to an activating group) is 1. The van der Waals surface area contributed by atoms with E-state index in [2.05, 4.69) is 19.9 Å². The van der Waals surface area contributed by atoms with E-state index in [1.165, 1.54) is 18.3 Å². The minimum atomic E-state index is -0.830. The van der Waals surface area contributed by atoms with E-state index in [-0.39, 0.29) is 44.2 Å². The zero-order valence-corrected chi connectivity index (χ0v) is 21.4. The molecule has 0 aliphatic carbocycles. The number of aromatic amines is 1. The van der Waals surface area contributed by atoms with Crippen LogP contribution < -0.4 is 4.74 Å². The van der Waals surface area contributed by atoms with Gasteiger partial charge in [0.25, 0.3) is 0 Å². The molecule has 2 aliphatic rings. The molecular formula is C26H31FN6O5. The molecule has 38 heavy (non-hydrogen) atoms. The van der Waals surface area contributed by atoms with E-state index >= 15 is 0 Å². The second kappa shape index (κ2) is 11.1. The lowest BCUT2D eigenvalue weighted by Crippen LogP contribution is -2.55. The van der Waals surface area contributed by atoms with Crippen LogP contribution in [-0.2, 0) is 14.3 Å². The van der Waals surface area contributed by atoms with E-state index in [1.54, 1.807) is 18.2 Å². The Labute approximate surface area is 219 Å². The maximum Gasteiger partial charge on any atom is 0.317 e. The van der Waals surface area contributed by atoms with Gasteiger partial charge >= 0.3 is 6.01 Å². The highest BCUT2D eigenvalue weighted by Gasteiger charge is 2.43. The zero-order chi connectivity index (χ0) is 26.7. The number of benzene rings is 1. The molecule has 1 aromatic carbocycles. The van der Waals surface area contributed by atoms with E-state index in [4.69, 9.17) is 24.3 Å². The van der Waals surface area contributed by atoms with Crippen molar-refractivity contribution in [2.24, 2.45) is 5.41 Å². The highest BCUT2D eigenvalue weighted by Crippen LogP contribution is 2.36. The molecule has 2 saturated heterocycles. The minimum absolute atomic E-state index is 0.0209. The lowest BCUT2D eigenvalue weighted by molar-refractivity contribution is -0.234. The summed E-state index contributed by atoms with van der Waals surface area (Å²) in [6.45, 7) is 5.13. The van der Waals surface area contributed by atoms with Crippen molar-refractivity contribution in [3.8, 4) is 28.7 Å². The Morgan fingerprint density at radius 3 is 2.55 bits per heavy atom. The first-order valence-electron chi connectivity index (χ1n) is 12.5. The Morgan fingerprint density at radius 1 is 1.16 bits per heavy atom. The number of imidazole rings is 1. The van der Waals surface area contributed by atoms with Gasteiger partial charge < -0.3 is 34.1 Å². The summed E-state index contributed by atoms with van der Waals surface area (Å²) in [7, 11) is 2.04. The third-order valence-electron chi connectivity index (χ3n) is 6.69. The first-order chi connectivity index (χ1) is 18.4. The number of aliphatic hydroxyl groups is 1. The molecule has 2 N–H and O–H groups in total. The quantitative estimate of drug-likeness (QED) is 0.475. The Balaban J connectivity index is 1.39. The fourth-order valence-corrected chi connectivity index (χ4v) is 4.47. The van der Waals surface area contributed by atoms with Crippen molar-refractivity contribution in [1.82, 2.24) is 29.7 Å². The average Bonchev–Trinajstić information content (AvgIpc) is 3.38. The summed E-state index contributed by atoms with van der Waals surface area (Å²) >= 11 is 0. The maximum atomic E-state index is 13.6. The molecule has 4 heterocycles. The van der Waals surface area contributed by atoms with Crippen molar-refractivity contribution in [1.29, 1.82) is 0 Å². The van der Waals surface area contributed by atoms with Crippen LogP contribution >= 0.6 is 0 Å². The number of amides is 1. The van der Waals surface area contributed by atoms with Crippen LogP contribution in [0.15, 0.2) is 36.5 Å². The molecule has 5 rings (SSSR count). The molecule has 3 aromatic rings. The number of carbonyl (C=O) groups excluding carboxylic acids is 1. The number of aromatic nitrogens is 4. The number of rotatable bonds is 7. The number of H-pyrrole nitrogens is 1. The summed E-state index contributed by atoms with van der Waals surface area (Å²) < 4.78 is 31.0. The molecule has 11 nitrogen and oxygen atoms in total. The van der Waals surface area contributed by atoms with Crippen LogP contribution in [0.5, 0.6) is 6.01 Å². The lowest BCUT2D eigenvalue weighted by atomic mass is 9.90. The minimum Gasteiger partial charge on any atom is -0.461 e. The number of nitrogens with one attached hydrogen (secondary N) is 1. The van der Waals surface area contributed by atoms with Crippen molar-refractivity contribution in [3.63, 3.8) is 0 Å². The summed E-state index contributed by atoms with van der Waals surface area (Å²) in [6, 6.07) is 7.74. The molecule has 0 radical (unpaired) electrons. The monoisotopic (exact) mass is 526 g/mol. The van der Waals surface area contributed by atoms with Crippen LogP contribution in [0.1, 0.15) is 19.0 Å². The first-order valence-corrected chi connectivity index (χ1v) is 12.5. The number of ether oxygens (including phenoxy) is 3. The number of piperazine rings is 1. The Kier molecular flexibility index (Phi) is 7.65. The Morgan fingerprint density at radius 2 is 1.87 bits per heavy atom. The molecule has 0 spiro atoms. The SMILES string of the molecule is CN1CCN(C(=O)C2(C)COC(c3nc(-c4ccc(F)cc4)c(-c4ccnc(OCCO)n4)[nH]3)OC2)CC1. The number of hydrogen-bond acceptors (Lipinski definition) is 9. The van der Waals surface area contributed by atoms with E-state index in [9.17, 15) is 9.18 Å². The van der Waals surface area contributed by atoms with Crippen molar-refractivity contribution in [2.45, 2.75) is 13.2 Å². The Bertz CT molecular complexity index is 1250. The topological polar surface area (TPSA) is 126 Å². The van der Waals surface area contributed by atoms with Gasteiger partial charge in [-0.25, -0.2) is 14.4 Å². The summed E-state index contributed by atoms with van der Waals surface area (Å²) in [6.07, 6.45) is 0.704. The van der Waals surface area contributed by atoms with Crippen LogP contribution in [0.4, 0.5) is 4.39 Å². The van der Waals surface area contributed by atoms with Crippen LogP contribution in [0.2, 0.25) is 0 Å². The van der Waals surface area contributed by atoms with Gasteiger partial charge in [0.1, 0.15) is 12.4 Å². The van der Waals surface area contributed by atoms with Crippen LogP contribution in [0.25, 0.3) is 22.6 Å². The third kappa shape index (κ3) is 5.53. The molecule has 0 atom stereocenters. The van der Waals surface area contributed by atoms with Gasteiger partial charge in [-0.3, -0.25) is 4.79 Å². The number of halogens is 1. The fourth-order valence-electron chi connectivity index (χ4n) is 4.47. The van der Waals surface area contributed by atoms with Gasteiger partial charge in [0.05, 0.1) is 42.3 Å². The highest BCUT2D eigenvalue weighted by molar-refractivity contribution is 5.83. The maximum absolute atomic E-state index is 13.6. The van der Waals surface area contributed by atoms with Crippen LogP contribution in [0, 0.1) is 11.2 Å². The summed E-state index contributed by atoms with van der Waals surface area (Å²) in [5, 5.41) is 9.05. The third-order valence-corrected chi connectivity index (χ3v) is 6.69. The molecule has 0 bridgehead atoms. The van der Waals surface area contributed by atoms with Gasteiger partial charge in [-0.05, 0) is 44.3 Å². The standard InChI is InChI=1S/C26H31FN6O5/c1-26(24(35)33-11-9-32(2)10-12-33)15-37-23(38-16-26)22-30-20(17-3-5-18(27)6-4-17)21(31-22)19-7-8-28-25(29-19)36-14-13-34/h3-8,23,34H,9-16H2,1-2H3,(H,30,31). The van der Waals surface area contributed by atoms with Gasteiger partial charge in [-0.2, -0.15) is 4.98 Å². The molecular weight excluding hydrogens is 495 g/mol. The molecule has 202 valence electrons. The van der Waals surface area contributed by atoms with Crippen molar-refractivity contribution in [3.05, 3.63) is 48.2 Å². The van der Waals surface area contributed by atoms with E-state index in [0.29, 0.717) is 41.6 Å². The fraction of sp³-hybridized carbons (Fsp3) is 0.462. The lowest BCUT2D eigenvalue weighted by Gasteiger charge is -2.41. The van der Waals surface area contributed by atoms with Gasteiger partial charge in [0, 0.05) is 37.9 Å². The first kappa shape index (κ1) is 26.2. The van der Waals surface area contributed by atoms with E-state index < -0.39 is 11.7 Å². The summed E-state index contributed by atoms with van der Waals surface area (Å²) in [4.78, 5) is 33.8. The zero-order valence-electron chi connectivity index (χ0n) is 21.4. The predicted molar refractivity (Wildman–Crippen MR) is 134 cm³/mol. The molecule has 0 saturated carbocycles. The Hall–Kier alpha value is -3.45. The number of hydrogen-bond donors (Lipinski definition) is 2. The van der Waals surface area contributed by atoms with Crippen LogP contribution in [-0.4, -0.2) is 100 Å². The van der Waals surface area contributed by atoms with Gasteiger partial charge in [-0.15, -0.1) is 0 Å². The second-order valence-electron chi connectivity index (χ2n) is 9.76. The second-order valence-corrected chi connectivity index (χ2v) is 9.76. The normalized spacial score (nSPS) is 22.4. The largest absolute Gasteiger partial charge is 0.461 e. The summed E-state index contributed by atoms with van der Waals surface area (Å²) in [5.74, 6) is 0.0495. The summed E-state index contributed by atoms with van der Waals surface area (Å²) in [5.41, 5.74) is 1.40. The molecule has 0 unspecified atom stereocenters. The van der Waals surface area contributed by atoms with Gasteiger partial charge in [-0.1, -0.05) is 0 Å². The molecule has 2 fully saturated rings. The number of carbonyl (C=O) groups is 1.